The molecule has 5 fully saturated rings. The highest BCUT2D eigenvalue weighted by Crippen LogP contribution is 2.61. The van der Waals surface area contributed by atoms with Gasteiger partial charge in [0.05, 0.1) is 13.3 Å². The second-order valence-electron chi connectivity index (χ2n) is 10.1. The van der Waals surface area contributed by atoms with Gasteiger partial charge < -0.3 is 14.2 Å². The third-order valence-electron chi connectivity index (χ3n) is 8.28. The number of aromatic nitrogens is 3. The van der Waals surface area contributed by atoms with E-state index in [1.54, 1.807) is 7.11 Å². The smallest absolute Gasteiger partial charge is 0.201 e. The van der Waals surface area contributed by atoms with Gasteiger partial charge in [0.1, 0.15) is 11.4 Å². The normalized spacial score (nSPS) is 42.9. The molecule has 2 bridgehead atoms. The molecule has 172 valence electrons. The topological polar surface area (TPSA) is 76.9 Å². The third-order valence-corrected chi connectivity index (χ3v) is 8.28. The van der Waals surface area contributed by atoms with Crippen LogP contribution in [0.1, 0.15) is 52.7 Å². The van der Waals surface area contributed by atoms with Gasteiger partial charge in [0.2, 0.25) is 5.79 Å². The van der Waals surface area contributed by atoms with Crippen LogP contribution in [0.2, 0.25) is 0 Å². The average molecular weight is 442 g/mol. The first-order valence-electron chi connectivity index (χ1n) is 11.7. The lowest BCUT2D eigenvalue weighted by Gasteiger charge is -2.60. The van der Waals surface area contributed by atoms with Gasteiger partial charge in [-0.2, -0.15) is 0 Å². The van der Waals surface area contributed by atoms with E-state index in [0.29, 0.717) is 11.8 Å². The molecule has 1 aromatic heterocycles. The second kappa shape index (κ2) is 7.25. The lowest BCUT2D eigenvalue weighted by atomic mass is 9.58. The molecule has 7 rings (SSSR count). The first-order valence-corrected chi connectivity index (χ1v) is 11.7. The zero-order chi connectivity index (χ0) is 22.1. The van der Waals surface area contributed by atoms with Crippen molar-refractivity contribution in [3.63, 3.8) is 0 Å². The maximum absolute atomic E-state index is 6.64. The number of nitrogens with zero attached hydrogens (tertiary/aromatic N) is 3. The summed E-state index contributed by atoms with van der Waals surface area (Å²) in [5, 5.41) is 8.87. The van der Waals surface area contributed by atoms with Crippen molar-refractivity contribution in [2.45, 2.75) is 70.4 Å². The fraction of sp³-hybridized carbons (Fsp3) is 0.667. The van der Waals surface area contributed by atoms with Gasteiger partial charge in [-0.05, 0) is 62.3 Å². The molecule has 0 unspecified atom stereocenters. The van der Waals surface area contributed by atoms with E-state index in [4.69, 9.17) is 24.0 Å². The fourth-order valence-electron chi connectivity index (χ4n) is 6.48. The van der Waals surface area contributed by atoms with E-state index in [2.05, 4.69) is 24.2 Å². The molecule has 8 heteroatoms. The lowest BCUT2D eigenvalue weighted by Crippen LogP contribution is -2.69. The molecule has 0 amide bonds. The monoisotopic (exact) mass is 441 g/mol. The quantitative estimate of drug-likeness (QED) is 0.656. The van der Waals surface area contributed by atoms with E-state index >= 15 is 0 Å². The first kappa shape index (κ1) is 20.6. The number of benzene rings is 1. The van der Waals surface area contributed by atoms with Crippen molar-refractivity contribution in [2.24, 2.45) is 23.7 Å². The number of rotatable bonds is 3. The number of hydrogen-bond donors (Lipinski definition) is 0. The summed E-state index contributed by atoms with van der Waals surface area (Å²) in [4.78, 5) is 12.1. The Bertz CT molecular complexity index is 996. The summed E-state index contributed by atoms with van der Waals surface area (Å²) in [7, 11) is 1.66. The highest BCUT2D eigenvalue weighted by molar-refractivity contribution is 5.58. The summed E-state index contributed by atoms with van der Waals surface area (Å²) >= 11 is 0. The average Bonchev–Trinajstić information content (AvgIpc) is 3.18. The SMILES string of the molecule is COc1ccc(-c2cn([C@@H]3O[C@@H]4O[C@@]5(C)CC[C@H]6[C@H](C)CC[C@@H]([C@H]3C)[C@@]46OO5)nn2)cc1. The van der Waals surface area contributed by atoms with Crippen LogP contribution < -0.4 is 4.74 Å². The van der Waals surface area contributed by atoms with Crippen molar-refractivity contribution in [1.29, 1.82) is 0 Å². The molecule has 1 saturated carbocycles. The van der Waals surface area contributed by atoms with E-state index in [1.807, 2.05) is 42.1 Å². The Balaban J connectivity index is 1.34. The predicted octanol–water partition coefficient (Wildman–Crippen LogP) is 4.33. The van der Waals surface area contributed by atoms with E-state index in [-0.39, 0.29) is 18.1 Å². The number of fused-ring (bicyclic) bond motifs is 2. The van der Waals surface area contributed by atoms with E-state index in [1.165, 1.54) is 6.42 Å². The van der Waals surface area contributed by atoms with E-state index < -0.39 is 17.7 Å². The number of methoxy groups -OCH3 is 1. The van der Waals surface area contributed by atoms with E-state index in [0.717, 1.165) is 36.3 Å². The van der Waals surface area contributed by atoms with Gasteiger partial charge in [-0.25, -0.2) is 14.5 Å². The van der Waals surface area contributed by atoms with Crippen LogP contribution in [0.3, 0.4) is 0 Å². The Labute approximate surface area is 188 Å². The Morgan fingerprint density at radius 3 is 2.66 bits per heavy atom. The molecule has 32 heavy (non-hydrogen) atoms. The number of hydrogen-bond acceptors (Lipinski definition) is 7. The Kier molecular flexibility index (Phi) is 4.67. The van der Waals surface area contributed by atoms with Gasteiger partial charge in [-0.15, -0.1) is 5.10 Å². The molecule has 8 atom stereocenters. The maximum atomic E-state index is 6.64. The zero-order valence-electron chi connectivity index (χ0n) is 19.1. The molecule has 1 aliphatic carbocycles. The van der Waals surface area contributed by atoms with Crippen molar-refractivity contribution >= 4 is 0 Å². The molecular weight excluding hydrogens is 410 g/mol. The van der Waals surface area contributed by atoms with Gasteiger partial charge in [0.15, 0.2) is 18.1 Å². The Hall–Kier alpha value is -2.00. The summed E-state index contributed by atoms with van der Waals surface area (Å²) in [5.41, 5.74) is 1.22. The second-order valence-corrected chi connectivity index (χ2v) is 10.1. The molecule has 5 heterocycles. The van der Waals surface area contributed by atoms with Crippen LogP contribution in [0.4, 0.5) is 0 Å². The molecule has 5 aliphatic rings. The number of ether oxygens (including phenoxy) is 3. The summed E-state index contributed by atoms with van der Waals surface area (Å²) < 4.78 is 20.2. The molecule has 1 spiro atoms. The van der Waals surface area contributed by atoms with Crippen molar-refractivity contribution in [2.75, 3.05) is 7.11 Å². The summed E-state index contributed by atoms with van der Waals surface area (Å²) in [5.74, 6) is 1.35. The third kappa shape index (κ3) is 2.89. The van der Waals surface area contributed by atoms with Crippen LogP contribution in [0.25, 0.3) is 11.3 Å². The summed E-state index contributed by atoms with van der Waals surface area (Å²) in [6, 6.07) is 7.82. The van der Waals surface area contributed by atoms with Gasteiger partial charge >= 0.3 is 0 Å². The minimum atomic E-state index is -0.778. The highest BCUT2D eigenvalue weighted by atomic mass is 17.3. The molecule has 0 N–H and O–H groups in total. The molecule has 1 aromatic carbocycles. The maximum Gasteiger partial charge on any atom is 0.201 e. The highest BCUT2D eigenvalue weighted by Gasteiger charge is 2.69. The molecule has 4 aliphatic heterocycles. The largest absolute Gasteiger partial charge is 0.497 e. The van der Waals surface area contributed by atoms with Crippen molar-refractivity contribution < 1.29 is 24.0 Å². The predicted molar refractivity (Wildman–Crippen MR) is 114 cm³/mol. The van der Waals surface area contributed by atoms with Crippen LogP contribution in [-0.4, -0.2) is 39.8 Å². The summed E-state index contributed by atoms with van der Waals surface area (Å²) in [6.45, 7) is 6.50. The minimum absolute atomic E-state index is 0.168. The molecule has 8 nitrogen and oxygen atoms in total. The molecular formula is C24H31N3O5. The van der Waals surface area contributed by atoms with Crippen molar-refractivity contribution in [3.8, 4) is 17.0 Å². The minimum Gasteiger partial charge on any atom is -0.497 e. The van der Waals surface area contributed by atoms with Gasteiger partial charge in [0.25, 0.3) is 0 Å². The molecule has 0 radical (unpaired) electrons. The summed E-state index contributed by atoms with van der Waals surface area (Å²) in [6.07, 6.45) is 5.25. The van der Waals surface area contributed by atoms with Crippen molar-refractivity contribution in [3.05, 3.63) is 30.5 Å². The molecule has 2 aromatic rings. The van der Waals surface area contributed by atoms with Crippen molar-refractivity contribution in [1.82, 2.24) is 15.0 Å². The van der Waals surface area contributed by atoms with Crippen LogP contribution in [0.5, 0.6) is 5.75 Å². The van der Waals surface area contributed by atoms with Gasteiger partial charge in [0, 0.05) is 23.8 Å². The fourth-order valence-corrected chi connectivity index (χ4v) is 6.48. The van der Waals surface area contributed by atoms with Gasteiger partial charge in [-0.1, -0.05) is 19.1 Å². The lowest BCUT2D eigenvalue weighted by molar-refractivity contribution is -0.574. The van der Waals surface area contributed by atoms with Crippen LogP contribution in [0, 0.1) is 23.7 Å². The Morgan fingerprint density at radius 1 is 1.06 bits per heavy atom. The first-order chi connectivity index (χ1) is 15.4. The van der Waals surface area contributed by atoms with Crippen LogP contribution >= 0.6 is 0 Å². The van der Waals surface area contributed by atoms with E-state index in [9.17, 15) is 0 Å². The van der Waals surface area contributed by atoms with Crippen LogP contribution in [0.15, 0.2) is 30.5 Å². The standard InChI is InChI=1S/C24H31N3O5/c1-14-5-10-19-15(2)21(27-13-20(25-26-27)16-6-8-17(28-4)9-7-16)29-22-24(19)18(14)11-12-23(3,30-22)31-32-24/h6-9,13-15,18-19,21-22H,5,10-12H2,1-4H3/t14-,15-,18+,19+,21-,22-,23-,24-/m1/s1. The Morgan fingerprint density at radius 2 is 1.88 bits per heavy atom. The van der Waals surface area contributed by atoms with Gasteiger partial charge in [-0.3, -0.25) is 0 Å². The molecule has 4 saturated heterocycles. The van der Waals surface area contributed by atoms with Crippen LogP contribution in [-0.2, 0) is 19.2 Å². The zero-order valence-corrected chi connectivity index (χ0v) is 19.1.